The van der Waals surface area contributed by atoms with Crippen molar-refractivity contribution in [3.63, 3.8) is 0 Å². The molecule has 2 unspecified atom stereocenters. The van der Waals surface area contributed by atoms with Gasteiger partial charge in [0.2, 0.25) is 5.91 Å². The SMILES string of the molecule is Cl.O=C(CC1CCCN1)N1CCCC1c1ccc(Cl)cc1. The smallest absolute Gasteiger partial charge is 0.224 e. The molecule has 0 radical (unpaired) electrons. The number of hydrogen-bond acceptors (Lipinski definition) is 2. The van der Waals surface area contributed by atoms with E-state index in [1.165, 1.54) is 12.0 Å². The van der Waals surface area contributed by atoms with E-state index in [-0.39, 0.29) is 18.4 Å². The third kappa shape index (κ3) is 3.91. The molecule has 0 saturated carbocycles. The van der Waals surface area contributed by atoms with E-state index < -0.39 is 0 Å². The van der Waals surface area contributed by atoms with Crippen LogP contribution in [0.1, 0.15) is 43.7 Å². The predicted octanol–water partition coefficient (Wildman–Crippen LogP) is 3.57. The zero-order valence-electron chi connectivity index (χ0n) is 12.1. The van der Waals surface area contributed by atoms with Crippen molar-refractivity contribution in [2.45, 2.75) is 44.2 Å². The van der Waals surface area contributed by atoms with E-state index in [4.69, 9.17) is 11.6 Å². The molecule has 2 fully saturated rings. The van der Waals surface area contributed by atoms with Crippen LogP contribution in [0.4, 0.5) is 0 Å². The van der Waals surface area contributed by atoms with Crippen molar-refractivity contribution in [3.05, 3.63) is 34.9 Å². The predicted molar refractivity (Wildman–Crippen MR) is 88.0 cm³/mol. The lowest BCUT2D eigenvalue weighted by molar-refractivity contribution is -0.132. The Morgan fingerprint density at radius 1 is 1.24 bits per heavy atom. The Bertz CT molecular complexity index is 472. The standard InChI is InChI=1S/C16H21ClN2O.ClH/c17-13-7-5-12(6-8-13)15-4-2-10-19(15)16(20)11-14-3-1-9-18-14;/h5-8,14-15,18H,1-4,9-11H2;1H. The molecule has 2 atom stereocenters. The van der Waals surface area contributed by atoms with Crippen LogP contribution < -0.4 is 5.32 Å². The topological polar surface area (TPSA) is 32.3 Å². The largest absolute Gasteiger partial charge is 0.336 e. The van der Waals surface area contributed by atoms with Crippen molar-refractivity contribution in [1.29, 1.82) is 0 Å². The number of carbonyl (C=O) groups excluding carboxylic acids is 1. The van der Waals surface area contributed by atoms with E-state index in [1.807, 2.05) is 24.3 Å². The second-order valence-electron chi connectivity index (χ2n) is 5.79. The van der Waals surface area contributed by atoms with Crippen molar-refractivity contribution >= 4 is 29.9 Å². The van der Waals surface area contributed by atoms with Crippen molar-refractivity contribution in [1.82, 2.24) is 10.2 Å². The normalized spacial score (nSPS) is 24.9. The number of halogens is 2. The van der Waals surface area contributed by atoms with Crippen LogP contribution in [0.2, 0.25) is 5.02 Å². The monoisotopic (exact) mass is 328 g/mol. The minimum Gasteiger partial charge on any atom is -0.336 e. The lowest BCUT2D eigenvalue weighted by Crippen LogP contribution is -2.35. The van der Waals surface area contributed by atoms with Crippen LogP contribution >= 0.6 is 24.0 Å². The van der Waals surface area contributed by atoms with Crippen LogP contribution in [-0.4, -0.2) is 29.9 Å². The minimum atomic E-state index is 0. The molecule has 0 spiro atoms. The molecular formula is C16H22Cl2N2O. The van der Waals surface area contributed by atoms with Crippen molar-refractivity contribution in [3.8, 4) is 0 Å². The molecule has 2 aliphatic rings. The first-order valence-electron chi connectivity index (χ1n) is 7.52. The summed E-state index contributed by atoms with van der Waals surface area (Å²) in [7, 11) is 0. The van der Waals surface area contributed by atoms with Crippen LogP contribution in [0.15, 0.2) is 24.3 Å². The molecular weight excluding hydrogens is 307 g/mol. The second-order valence-corrected chi connectivity index (χ2v) is 6.23. The molecule has 1 aromatic rings. The van der Waals surface area contributed by atoms with Gasteiger partial charge < -0.3 is 10.2 Å². The van der Waals surface area contributed by atoms with E-state index in [9.17, 15) is 4.79 Å². The number of benzene rings is 1. The third-order valence-electron chi connectivity index (χ3n) is 4.41. The second kappa shape index (κ2) is 7.48. The van der Waals surface area contributed by atoms with Crippen LogP contribution in [0.5, 0.6) is 0 Å². The number of nitrogens with zero attached hydrogens (tertiary/aromatic N) is 1. The molecule has 3 nitrogen and oxygen atoms in total. The zero-order chi connectivity index (χ0) is 13.9. The Morgan fingerprint density at radius 3 is 2.67 bits per heavy atom. The summed E-state index contributed by atoms with van der Waals surface area (Å²) in [6.45, 7) is 1.94. The van der Waals surface area contributed by atoms with Crippen molar-refractivity contribution in [2.24, 2.45) is 0 Å². The molecule has 0 bridgehead atoms. The van der Waals surface area contributed by atoms with Gasteiger partial charge in [0.05, 0.1) is 6.04 Å². The minimum absolute atomic E-state index is 0. The summed E-state index contributed by atoms with van der Waals surface area (Å²) in [5, 5.41) is 4.16. The summed E-state index contributed by atoms with van der Waals surface area (Å²) in [6, 6.07) is 8.54. The number of amides is 1. The highest BCUT2D eigenvalue weighted by molar-refractivity contribution is 6.30. The first kappa shape index (κ1) is 16.6. The molecule has 1 aromatic carbocycles. The molecule has 2 heterocycles. The van der Waals surface area contributed by atoms with Gasteiger partial charge in [-0.05, 0) is 49.9 Å². The quantitative estimate of drug-likeness (QED) is 0.919. The fourth-order valence-electron chi connectivity index (χ4n) is 3.36. The molecule has 0 aromatic heterocycles. The van der Waals surface area contributed by atoms with Crippen molar-refractivity contribution in [2.75, 3.05) is 13.1 Å². The Labute approximate surface area is 137 Å². The zero-order valence-corrected chi connectivity index (χ0v) is 13.6. The summed E-state index contributed by atoms with van der Waals surface area (Å²) in [4.78, 5) is 14.6. The summed E-state index contributed by atoms with van der Waals surface area (Å²) in [5.74, 6) is 0.293. The van der Waals surface area contributed by atoms with E-state index in [0.717, 1.165) is 37.4 Å². The molecule has 3 rings (SSSR count). The fourth-order valence-corrected chi connectivity index (χ4v) is 3.48. The van der Waals surface area contributed by atoms with Gasteiger partial charge in [-0.2, -0.15) is 0 Å². The van der Waals surface area contributed by atoms with Gasteiger partial charge in [-0.25, -0.2) is 0 Å². The highest BCUT2D eigenvalue weighted by atomic mass is 35.5. The Hall–Kier alpha value is -0.770. The Balaban J connectivity index is 0.00000161. The van der Waals surface area contributed by atoms with E-state index in [2.05, 4.69) is 10.2 Å². The van der Waals surface area contributed by atoms with Crippen LogP contribution in [0.25, 0.3) is 0 Å². The first-order chi connectivity index (χ1) is 9.74. The molecule has 21 heavy (non-hydrogen) atoms. The molecule has 1 amide bonds. The Kier molecular flexibility index (Phi) is 5.91. The number of carbonyl (C=O) groups is 1. The summed E-state index contributed by atoms with van der Waals surface area (Å²) >= 11 is 5.94. The van der Waals surface area contributed by atoms with Gasteiger partial charge in [0, 0.05) is 24.0 Å². The van der Waals surface area contributed by atoms with Gasteiger partial charge in [-0.1, -0.05) is 23.7 Å². The molecule has 2 saturated heterocycles. The summed E-state index contributed by atoms with van der Waals surface area (Å²) < 4.78 is 0. The third-order valence-corrected chi connectivity index (χ3v) is 4.66. The molecule has 116 valence electrons. The first-order valence-corrected chi connectivity index (χ1v) is 7.90. The van der Waals surface area contributed by atoms with Crippen LogP contribution in [-0.2, 0) is 4.79 Å². The van der Waals surface area contributed by atoms with Crippen molar-refractivity contribution < 1.29 is 4.79 Å². The number of likely N-dealkylation sites (tertiary alicyclic amines) is 1. The molecule has 2 aliphatic heterocycles. The summed E-state index contributed by atoms with van der Waals surface area (Å²) in [5.41, 5.74) is 1.21. The highest BCUT2D eigenvalue weighted by Crippen LogP contribution is 2.33. The van der Waals surface area contributed by atoms with Crippen LogP contribution in [0, 0.1) is 0 Å². The maximum Gasteiger partial charge on any atom is 0.224 e. The summed E-state index contributed by atoms with van der Waals surface area (Å²) in [6.07, 6.45) is 5.12. The highest BCUT2D eigenvalue weighted by Gasteiger charge is 2.31. The van der Waals surface area contributed by atoms with Gasteiger partial charge in [-0.15, -0.1) is 12.4 Å². The molecule has 5 heteroatoms. The van der Waals surface area contributed by atoms with Gasteiger partial charge in [0.15, 0.2) is 0 Å². The number of hydrogen-bond donors (Lipinski definition) is 1. The van der Waals surface area contributed by atoms with Gasteiger partial charge >= 0.3 is 0 Å². The molecule has 1 N–H and O–H groups in total. The maximum atomic E-state index is 12.5. The van der Waals surface area contributed by atoms with Gasteiger partial charge in [0.1, 0.15) is 0 Å². The van der Waals surface area contributed by atoms with E-state index in [0.29, 0.717) is 18.4 Å². The van der Waals surface area contributed by atoms with E-state index in [1.54, 1.807) is 0 Å². The lowest BCUT2D eigenvalue weighted by atomic mass is 10.0. The van der Waals surface area contributed by atoms with Crippen LogP contribution in [0.3, 0.4) is 0 Å². The lowest BCUT2D eigenvalue weighted by Gasteiger charge is -2.26. The van der Waals surface area contributed by atoms with Gasteiger partial charge in [-0.3, -0.25) is 4.79 Å². The number of nitrogens with one attached hydrogen (secondary N) is 1. The fraction of sp³-hybridized carbons (Fsp3) is 0.562. The molecule has 0 aliphatic carbocycles. The average Bonchev–Trinajstić information content (AvgIpc) is 3.10. The van der Waals surface area contributed by atoms with E-state index >= 15 is 0 Å². The maximum absolute atomic E-state index is 12.5. The number of rotatable bonds is 3. The van der Waals surface area contributed by atoms with Gasteiger partial charge in [0.25, 0.3) is 0 Å². The average molecular weight is 329 g/mol. The Morgan fingerprint density at radius 2 is 2.00 bits per heavy atom.